The highest BCUT2D eigenvalue weighted by atomic mass is 35.5. The molecule has 2 saturated carbocycles. The highest BCUT2D eigenvalue weighted by Crippen LogP contribution is 2.62. The third-order valence-corrected chi connectivity index (χ3v) is 7.75. The van der Waals surface area contributed by atoms with Gasteiger partial charge in [-0.2, -0.15) is 0 Å². The van der Waals surface area contributed by atoms with Gasteiger partial charge in [0.25, 0.3) is 0 Å². The van der Waals surface area contributed by atoms with Gasteiger partial charge >= 0.3 is 0 Å². The Balaban J connectivity index is 1.38. The Bertz CT molecular complexity index is 1110. The maximum atomic E-state index is 13.6. The van der Waals surface area contributed by atoms with Crippen molar-refractivity contribution in [3.8, 4) is 0 Å². The number of anilines is 1. The van der Waals surface area contributed by atoms with Crippen molar-refractivity contribution >= 4 is 34.8 Å². The summed E-state index contributed by atoms with van der Waals surface area (Å²) >= 11 is 6.04. The summed E-state index contributed by atoms with van der Waals surface area (Å²) in [5.41, 5.74) is 4.50. The minimum absolute atomic E-state index is 0.0318. The van der Waals surface area contributed by atoms with Crippen LogP contribution in [-0.4, -0.2) is 23.6 Å². The van der Waals surface area contributed by atoms with E-state index >= 15 is 0 Å². The van der Waals surface area contributed by atoms with Gasteiger partial charge in [-0.05, 0) is 55.0 Å². The number of benzene rings is 2. The zero-order valence-electron chi connectivity index (χ0n) is 16.7. The lowest BCUT2D eigenvalue weighted by molar-refractivity contribution is -0.125. The van der Waals surface area contributed by atoms with Crippen molar-refractivity contribution in [1.29, 1.82) is 0 Å². The summed E-state index contributed by atoms with van der Waals surface area (Å²) in [5, 5.41) is 5.05. The molecule has 2 amide bonds. The normalized spacial score (nSPS) is 33.6. The zero-order valence-corrected chi connectivity index (χ0v) is 17.5. The molecule has 0 unspecified atom stereocenters. The molecule has 1 saturated heterocycles. The van der Waals surface area contributed by atoms with Crippen molar-refractivity contribution in [1.82, 2.24) is 0 Å². The van der Waals surface area contributed by atoms with Crippen LogP contribution in [0.4, 0.5) is 5.69 Å². The first-order chi connectivity index (χ1) is 14.5. The molecule has 3 fully saturated rings. The van der Waals surface area contributed by atoms with Crippen molar-refractivity contribution in [3.05, 3.63) is 64.2 Å². The van der Waals surface area contributed by atoms with Crippen molar-refractivity contribution in [2.24, 2.45) is 34.7 Å². The van der Waals surface area contributed by atoms with E-state index in [1.807, 2.05) is 56.3 Å². The second kappa shape index (κ2) is 6.17. The first kappa shape index (κ1) is 18.1. The molecule has 6 heteroatoms. The Morgan fingerprint density at radius 1 is 0.933 bits per heavy atom. The number of hydrogen-bond acceptors (Lipinski definition) is 4. The van der Waals surface area contributed by atoms with Gasteiger partial charge in [0.2, 0.25) is 11.8 Å². The number of imide groups is 1. The van der Waals surface area contributed by atoms with Gasteiger partial charge in [0.05, 0.1) is 23.2 Å². The van der Waals surface area contributed by atoms with Crippen molar-refractivity contribution in [2.75, 3.05) is 4.90 Å². The van der Waals surface area contributed by atoms with Crippen LogP contribution in [0.15, 0.2) is 47.6 Å². The fourth-order valence-corrected chi connectivity index (χ4v) is 6.49. The number of aryl methyl sites for hydroxylation is 2. The molecule has 152 valence electrons. The van der Waals surface area contributed by atoms with Crippen LogP contribution >= 0.6 is 11.6 Å². The Morgan fingerprint density at radius 3 is 2.23 bits per heavy atom. The van der Waals surface area contributed by atoms with Gasteiger partial charge in [0, 0.05) is 16.9 Å². The lowest BCUT2D eigenvalue weighted by atomic mass is 9.71. The molecule has 4 aliphatic rings. The van der Waals surface area contributed by atoms with Gasteiger partial charge in [0.1, 0.15) is 6.10 Å². The fourth-order valence-electron chi connectivity index (χ4n) is 6.36. The summed E-state index contributed by atoms with van der Waals surface area (Å²) in [6.45, 7) is 3.91. The number of carbonyl (C=O) groups excluding carboxylic acids is 2. The van der Waals surface area contributed by atoms with Crippen molar-refractivity contribution in [2.45, 2.75) is 26.4 Å². The summed E-state index contributed by atoms with van der Waals surface area (Å²) in [5.74, 6) is -0.568. The average molecular weight is 421 g/mol. The number of para-hydroxylation sites is 1. The van der Waals surface area contributed by atoms with Crippen LogP contribution in [0.5, 0.6) is 0 Å². The van der Waals surface area contributed by atoms with Gasteiger partial charge in [-0.1, -0.05) is 47.1 Å². The van der Waals surface area contributed by atoms with Gasteiger partial charge in [-0.25, -0.2) is 4.90 Å². The molecule has 0 aromatic heterocycles. The highest BCUT2D eigenvalue weighted by Gasteiger charge is 2.70. The number of nitrogens with zero attached hydrogens (tertiary/aromatic N) is 2. The van der Waals surface area contributed by atoms with E-state index in [-0.39, 0.29) is 47.5 Å². The molecular formula is C24H21ClN2O3. The second-order valence-electron chi connectivity index (χ2n) is 8.95. The number of fused-ring (bicyclic) bond motifs is 8. The lowest BCUT2D eigenvalue weighted by Gasteiger charge is -2.29. The van der Waals surface area contributed by atoms with Gasteiger partial charge in [-0.3, -0.25) is 9.59 Å². The predicted molar refractivity (Wildman–Crippen MR) is 113 cm³/mol. The van der Waals surface area contributed by atoms with Crippen LogP contribution in [-0.2, 0) is 14.4 Å². The third-order valence-electron chi connectivity index (χ3n) is 7.49. The van der Waals surface area contributed by atoms with Crippen LogP contribution in [0, 0.1) is 43.4 Å². The third kappa shape index (κ3) is 2.21. The van der Waals surface area contributed by atoms with E-state index in [2.05, 4.69) is 5.16 Å². The molecule has 2 aromatic rings. The van der Waals surface area contributed by atoms with Crippen LogP contribution in [0.1, 0.15) is 23.1 Å². The minimum Gasteiger partial charge on any atom is -0.391 e. The van der Waals surface area contributed by atoms with E-state index in [4.69, 9.17) is 16.4 Å². The molecule has 0 N–H and O–H groups in total. The molecule has 2 aromatic carbocycles. The molecule has 0 spiro atoms. The summed E-state index contributed by atoms with van der Waals surface area (Å²) in [6, 6.07) is 13.4. The first-order valence-electron chi connectivity index (χ1n) is 10.4. The quantitative estimate of drug-likeness (QED) is 0.686. The first-order valence-corrected chi connectivity index (χ1v) is 10.8. The molecule has 2 aliphatic carbocycles. The monoisotopic (exact) mass is 420 g/mol. The van der Waals surface area contributed by atoms with E-state index in [0.29, 0.717) is 5.02 Å². The molecule has 5 nitrogen and oxygen atoms in total. The van der Waals surface area contributed by atoms with Crippen LogP contribution in [0.25, 0.3) is 0 Å². The maximum absolute atomic E-state index is 13.6. The molecule has 6 atom stereocenters. The van der Waals surface area contributed by atoms with Crippen LogP contribution in [0.2, 0.25) is 5.02 Å². The molecule has 2 aliphatic heterocycles. The van der Waals surface area contributed by atoms with Gasteiger partial charge < -0.3 is 4.84 Å². The Labute approximate surface area is 179 Å². The Morgan fingerprint density at radius 2 is 1.57 bits per heavy atom. The predicted octanol–water partition coefficient (Wildman–Crippen LogP) is 4.13. The molecule has 30 heavy (non-hydrogen) atoms. The molecule has 2 heterocycles. The summed E-state index contributed by atoms with van der Waals surface area (Å²) in [7, 11) is 0. The zero-order chi connectivity index (χ0) is 20.7. The number of oxime groups is 1. The topological polar surface area (TPSA) is 59.0 Å². The fraction of sp³-hybridized carbons (Fsp3) is 0.375. The van der Waals surface area contributed by atoms with Crippen LogP contribution in [0.3, 0.4) is 0 Å². The van der Waals surface area contributed by atoms with Crippen molar-refractivity contribution < 1.29 is 14.4 Å². The van der Waals surface area contributed by atoms with Gasteiger partial charge in [0.15, 0.2) is 0 Å². The molecule has 2 bridgehead atoms. The largest absolute Gasteiger partial charge is 0.391 e. The van der Waals surface area contributed by atoms with Gasteiger partial charge in [-0.15, -0.1) is 0 Å². The highest BCUT2D eigenvalue weighted by molar-refractivity contribution is 6.30. The average Bonchev–Trinajstić information content (AvgIpc) is 3.45. The van der Waals surface area contributed by atoms with E-state index in [9.17, 15) is 9.59 Å². The van der Waals surface area contributed by atoms with Crippen molar-refractivity contribution in [3.63, 3.8) is 0 Å². The lowest BCUT2D eigenvalue weighted by Crippen LogP contribution is -2.41. The van der Waals surface area contributed by atoms with Crippen LogP contribution < -0.4 is 4.90 Å². The standard InChI is InChI=1S/C24H21ClN2O3/c1-11-4-3-5-12(2)21(11)27-23(28)17-15-10-16(18(17)24(27)29)22-19(15)20(26-30-22)13-6-8-14(25)9-7-13/h3-9,15-19,22H,10H2,1-2H3/t15-,16+,17+,18+,19+,22-/m1/s1. The SMILES string of the molecule is Cc1cccc(C)c1N1C(=O)[C@H]2[C@@H]3C[C@@H]([C@H]4C(c5ccc(Cl)cc5)=NO[C@H]34)[C@@H]2C1=O. The molecule has 0 radical (unpaired) electrons. The van der Waals surface area contributed by atoms with E-state index < -0.39 is 0 Å². The number of amides is 2. The summed E-state index contributed by atoms with van der Waals surface area (Å²) in [4.78, 5) is 34.4. The number of halogens is 1. The summed E-state index contributed by atoms with van der Waals surface area (Å²) in [6.07, 6.45) is 0.714. The summed E-state index contributed by atoms with van der Waals surface area (Å²) < 4.78 is 0. The minimum atomic E-state index is -0.303. The smallest absolute Gasteiger partial charge is 0.238 e. The van der Waals surface area contributed by atoms with E-state index in [0.717, 1.165) is 34.5 Å². The molecule has 6 rings (SSSR count). The van der Waals surface area contributed by atoms with E-state index in [1.54, 1.807) is 0 Å². The Kier molecular flexibility index (Phi) is 3.73. The Hall–Kier alpha value is -2.66. The number of rotatable bonds is 2. The molecular weight excluding hydrogens is 400 g/mol. The number of carbonyl (C=O) groups is 2. The maximum Gasteiger partial charge on any atom is 0.238 e. The number of hydrogen-bond donors (Lipinski definition) is 0. The second-order valence-corrected chi connectivity index (χ2v) is 9.38. The van der Waals surface area contributed by atoms with E-state index in [1.165, 1.54) is 4.90 Å².